The van der Waals surface area contributed by atoms with Crippen molar-refractivity contribution in [2.45, 2.75) is 34.6 Å². The molecule has 2 heteroatoms. The SMILES string of the molecule is Cc1ccc(-c2nc(-c3ccc(-c4ccc(C)cc4)c(C)c3)cc(-c3ccc(-c4ccc(C)cc4)c(C)c3)n2)cc1. The Morgan fingerprint density at radius 1 is 0.341 bits per heavy atom. The number of rotatable bonds is 5. The summed E-state index contributed by atoms with van der Waals surface area (Å²) in [5.41, 5.74) is 16.2. The monoisotopic (exact) mass is 530 g/mol. The van der Waals surface area contributed by atoms with E-state index in [9.17, 15) is 0 Å². The molecule has 5 aromatic carbocycles. The van der Waals surface area contributed by atoms with Crippen molar-refractivity contribution in [3.8, 4) is 56.2 Å². The van der Waals surface area contributed by atoms with Crippen molar-refractivity contribution in [3.05, 3.63) is 143 Å². The first-order valence-corrected chi connectivity index (χ1v) is 14.2. The van der Waals surface area contributed by atoms with Gasteiger partial charge in [0.15, 0.2) is 5.82 Å². The highest BCUT2D eigenvalue weighted by molar-refractivity contribution is 5.78. The molecule has 0 amide bonds. The standard InChI is InChI=1S/C39H34N2/c1-25-6-12-30(13-7-25)35-20-18-33(22-28(35)4)37-24-38(41-39(40-37)32-16-10-27(3)11-17-32)34-19-21-36(29(5)23-34)31-14-8-26(2)9-15-31/h6-24H,1-5H3. The van der Waals surface area contributed by atoms with Gasteiger partial charge in [0, 0.05) is 16.7 Å². The van der Waals surface area contributed by atoms with Crippen molar-refractivity contribution in [1.82, 2.24) is 9.97 Å². The molecule has 0 fully saturated rings. The molecule has 6 aromatic rings. The average Bonchev–Trinajstić information content (AvgIpc) is 2.98. The summed E-state index contributed by atoms with van der Waals surface area (Å²) in [7, 11) is 0. The summed E-state index contributed by atoms with van der Waals surface area (Å²) in [5.74, 6) is 0.734. The van der Waals surface area contributed by atoms with Crippen molar-refractivity contribution in [2.24, 2.45) is 0 Å². The van der Waals surface area contributed by atoms with Gasteiger partial charge < -0.3 is 0 Å². The van der Waals surface area contributed by atoms with Gasteiger partial charge in [-0.05, 0) is 86.2 Å². The zero-order chi connectivity index (χ0) is 28.5. The Labute approximate surface area is 243 Å². The summed E-state index contributed by atoms with van der Waals surface area (Å²) in [6, 6.07) is 41.3. The molecule has 0 aliphatic carbocycles. The van der Waals surface area contributed by atoms with Crippen LogP contribution in [0, 0.1) is 34.6 Å². The molecule has 2 nitrogen and oxygen atoms in total. The van der Waals surface area contributed by atoms with Gasteiger partial charge >= 0.3 is 0 Å². The van der Waals surface area contributed by atoms with Crippen LogP contribution >= 0.6 is 0 Å². The smallest absolute Gasteiger partial charge is 0.160 e. The first kappa shape index (κ1) is 26.4. The van der Waals surface area contributed by atoms with E-state index in [0.29, 0.717) is 0 Å². The van der Waals surface area contributed by atoms with Crippen LogP contribution in [0.4, 0.5) is 0 Å². The molecule has 41 heavy (non-hydrogen) atoms. The molecule has 0 N–H and O–H groups in total. The average molecular weight is 531 g/mol. The van der Waals surface area contributed by atoms with E-state index >= 15 is 0 Å². The van der Waals surface area contributed by atoms with Crippen LogP contribution in [-0.2, 0) is 0 Å². The zero-order valence-corrected chi connectivity index (χ0v) is 24.4. The van der Waals surface area contributed by atoms with E-state index in [-0.39, 0.29) is 0 Å². The van der Waals surface area contributed by atoms with E-state index in [1.54, 1.807) is 0 Å². The molecule has 6 rings (SSSR count). The van der Waals surface area contributed by atoms with Crippen LogP contribution in [0.25, 0.3) is 56.2 Å². The lowest BCUT2D eigenvalue weighted by molar-refractivity contribution is 1.18. The second kappa shape index (κ2) is 11.0. The second-order valence-corrected chi connectivity index (χ2v) is 11.1. The number of benzene rings is 5. The number of nitrogens with zero attached hydrogens (tertiary/aromatic N) is 2. The maximum absolute atomic E-state index is 5.07. The molecule has 0 radical (unpaired) electrons. The van der Waals surface area contributed by atoms with Gasteiger partial charge in [0.2, 0.25) is 0 Å². The number of aryl methyl sites for hydroxylation is 5. The minimum absolute atomic E-state index is 0.734. The molecule has 0 saturated heterocycles. The molecule has 0 saturated carbocycles. The highest BCUT2D eigenvalue weighted by Gasteiger charge is 2.13. The summed E-state index contributed by atoms with van der Waals surface area (Å²) in [6.07, 6.45) is 0. The number of aromatic nitrogens is 2. The van der Waals surface area contributed by atoms with Crippen molar-refractivity contribution in [2.75, 3.05) is 0 Å². The Hall–Kier alpha value is -4.82. The van der Waals surface area contributed by atoms with Crippen LogP contribution in [0.15, 0.2) is 115 Å². The van der Waals surface area contributed by atoms with Gasteiger partial charge in [-0.15, -0.1) is 0 Å². The molecule has 0 unspecified atom stereocenters. The van der Waals surface area contributed by atoms with Gasteiger partial charge in [-0.1, -0.05) is 114 Å². The van der Waals surface area contributed by atoms with Gasteiger partial charge in [0.05, 0.1) is 11.4 Å². The minimum Gasteiger partial charge on any atom is -0.228 e. The van der Waals surface area contributed by atoms with Gasteiger partial charge in [0.25, 0.3) is 0 Å². The quantitative estimate of drug-likeness (QED) is 0.222. The molecule has 1 aromatic heterocycles. The van der Waals surface area contributed by atoms with Crippen molar-refractivity contribution < 1.29 is 0 Å². The summed E-state index contributed by atoms with van der Waals surface area (Å²) in [5, 5.41) is 0. The fourth-order valence-corrected chi connectivity index (χ4v) is 5.33. The molecule has 200 valence electrons. The number of hydrogen-bond donors (Lipinski definition) is 0. The molecule has 0 atom stereocenters. The minimum atomic E-state index is 0.734. The first-order valence-electron chi connectivity index (χ1n) is 14.2. The van der Waals surface area contributed by atoms with E-state index in [0.717, 1.165) is 33.9 Å². The molecule has 0 aliphatic heterocycles. The molecule has 0 bridgehead atoms. The third-order valence-corrected chi connectivity index (χ3v) is 7.81. The Kier molecular flexibility index (Phi) is 7.07. The summed E-state index contributed by atoms with van der Waals surface area (Å²) >= 11 is 0. The highest BCUT2D eigenvalue weighted by Crippen LogP contribution is 2.33. The van der Waals surface area contributed by atoms with Gasteiger partial charge in [-0.3, -0.25) is 0 Å². The highest BCUT2D eigenvalue weighted by atomic mass is 14.9. The van der Waals surface area contributed by atoms with E-state index in [1.165, 1.54) is 50.1 Å². The van der Waals surface area contributed by atoms with Crippen LogP contribution in [0.3, 0.4) is 0 Å². The van der Waals surface area contributed by atoms with E-state index in [4.69, 9.17) is 9.97 Å². The Morgan fingerprint density at radius 3 is 1.05 bits per heavy atom. The number of hydrogen-bond acceptors (Lipinski definition) is 2. The maximum atomic E-state index is 5.07. The predicted octanol–water partition coefficient (Wildman–Crippen LogP) is 10.4. The second-order valence-electron chi connectivity index (χ2n) is 11.1. The largest absolute Gasteiger partial charge is 0.228 e. The summed E-state index contributed by atoms with van der Waals surface area (Å²) in [4.78, 5) is 10.1. The lowest BCUT2D eigenvalue weighted by Gasteiger charge is -2.13. The molecule has 1 heterocycles. The first-order chi connectivity index (χ1) is 19.8. The third-order valence-electron chi connectivity index (χ3n) is 7.81. The van der Waals surface area contributed by atoms with Crippen LogP contribution in [0.2, 0.25) is 0 Å². The Balaban J connectivity index is 1.45. The van der Waals surface area contributed by atoms with Crippen LogP contribution in [0.1, 0.15) is 27.8 Å². The Morgan fingerprint density at radius 2 is 0.683 bits per heavy atom. The fraction of sp³-hybridized carbons (Fsp3) is 0.128. The molecular weight excluding hydrogens is 496 g/mol. The fourth-order valence-electron chi connectivity index (χ4n) is 5.33. The van der Waals surface area contributed by atoms with E-state index in [1.807, 2.05) is 0 Å². The molecular formula is C39H34N2. The lowest BCUT2D eigenvalue weighted by Crippen LogP contribution is -1.97. The van der Waals surface area contributed by atoms with Crippen LogP contribution in [-0.4, -0.2) is 9.97 Å². The van der Waals surface area contributed by atoms with Crippen molar-refractivity contribution in [1.29, 1.82) is 0 Å². The van der Waals surface area contributed by atoms with Gasteiger partial charge in [0.1, 0.15) is 0 Å². The lowest BCUT2D eigenvalue weighted by atomic mass is 9.95. The van der Waals surface area contributed by atoms with Crippen LogP contribution in [0.5, 0.6) is 0 Å². The third kappa shape index (κ3) is 5.60. The topological polar surface area (TPSA) is 25.8 Å². The van der Waals surface area contributed by atoms with E-state index in [2.05, 4.69) is 150 Å². The molecule has 0 aliphatic rings. The summed E-state index contributed by atoms with van der Waals surface area (Å²) in [6.45, 7) is 10.7. The van der Waals surface area contributed by atoms with Crippen molar-refractivity contribution in [3.63, 3.8) is 0 Å². The van der Waals surface area contributed by atoms with Crippen LogP contribution < -0.4 is 0 Å². The van der Waals surface area contributed by atoms with Gasteiger partial charge in [-0.2, -0.15) is 0 Å². The van der Waals surface area contributed by atoms with Gasteiger partial charge in [-0.25, -0.2) is 9.97 Å². The summed E-state index contributed by atoms with van der Waals surface area (Å²) < 4.78 is 0. The predicted molar refractivity (Wildman–Crippen MR) is 173 cm³/mol. The molecule has 0 spiro atoms. The normalized spacial score (nSPS) is 11.0. The maximum Gasteiger partial charge on any atom is 0.160 e. The van der Waals surface area contributed by atoms with Crippen molar-refractivity contribution >= 4 is 0 Å². The Bertz CT molecular complexity index is 1730. The zero-order valence-electron chi connectivity index (χ0n) is 24.4. The van der Waals surface area contributed by atoms with E-state index < -0.39 is 0 Å².